The predicted molar refractivity (Wildman–Crippen MR) is 71.2 cm³/mol. The Morgan fingerprint density at radius 3 is 2.63 bits per heavy atom. The van der Waals surface area contributed by atoms with Crippen LogP contribution >= 0.6 is 11.8 Å². The lowest BCUT2D eigenvalue weighted by molar-refractivity contribution is 0.0600. The number of carbonyl (C=O) groups is 1. The van der Waals surface area contributed by atoms with Gasteiger partial charge in [-0.2, -0.15) is 0 Å². The standard InChI is InChI=1S/C12H13N3O3S/c1-15-11(17)13-14-12(15)19-7-8-3-5-9(6-4-8)10(16)18-2/h3-6H,7H2,1-2H3,(H,13,17). The van der Waals surface area contributed by atoms with Crippen molar-refractivity contribution in [2.75, 3.05) is 7.11 Å². The topological polar surface area (TPSA) is 77.0 Å². The van der Waals surface area contributed by atoms with Crippen molar-refractivity contribution < 1.29 is 9.53 Å². The van der Waals surface area contributed by atoms with Gasteiger partial charge in [0.1, 0.15) is 0 Å². The monoisotopic (exact) mass is 279 g/mol. The Kier molecular flexibility index (Phi) is 4.06. The average molecular weight is 279 g/mol. The Balaban J connectivity index is 2.02. The molecule has 0 fully saturated rings. The van der Waals surface area contributed by atoms with Crippen molar-refractivity contribution in [2.45, 2.75) is 10.9 Å². The molecule has 1 heterocycles. The number of aromatic nitrogens is 3. The van der Waals surface area contributed by atoms with Crippen LogP contribution in [0.4, 0.5) is 0 Å². The minimum absolute atomic E-state index is 0.233. The highest BCUT2D eigenvalue weighted by Crippen LogP contribution is 2.19. The van der Waals surface area contributed by atoms with Crippen LogP contribution in [0, 0.1) is 0 Å². The van der Waals surface area contributed by atoms with Gasteiger partial charge in [-0.25, -0.2) is 14.7 Å². The minimum atomic E-state index is -0.353. The molecule has 0 saturated carbocycles. The van der Waals surface area contributed by atoms with Crippen molar-refractivity contribution in [3.8, 4) is 0 Å². The van der Waals surface area contributed by atoms with Gasteiger partial charge < -0.3 is 4.74 Å². The summed E-state index contributed by atoms with van der Waals surface area (Å²) in [5, 5.41) is 6.91. The largest absolute Gasteiger partial charge is 0.465 e. The molecule has 2 rings (SSSR count). The summed E-state index contributed by atoms with van der Waals surface area (Å²) in [6.45, 7) is 0. The highest BCUT2D eigenvalue weighted by Gasteiger charge is 2.07. The van der Waals surface area contributed by atoms with E-state index in [1.165, 1.54) is 23.4 Å². The normalized spacial score (nSPS) is 10.4. The third kappa shape index (κ3) is 3.05. The van der Waals surface area contributed by atoms with Gasteiger partial charge in [-0.05, 0) is 17.7 Å². The number of nitrogens with one attached hydrogen (secondary N) is 1. The molecule has 7 heteroatoms. The molecule has 1 N–H and O–H groups in total. The fraction of sp³-hybridized carbons (Fsp3) is 0.250. The second-order valence-electron chi connectivity index (χ2n) is 3.85. The Bertz CT molecular complexity index is 630. The summed E-state index contributed by atoms with van der Waals surface area (Å²) in [7, 11) is 3.01. The van der Waals surface area contributed by atoms with Crippen LogP contribution in [0.2, 0.25) is 0 Å². The third-order valence-electron chi connectivity index (χ3n) is 2.58. The lowest BCUT2D eigenvalue weighted by Crippen LogP contribution is -2.12. The van der Waals surface area contributed by atoms with E-state index >= 15 is 0 Å². The zero-order chi connectivity index (χ0) is 13.8. The van der Waals surface area contributed by atoms with Crippen molar-refractivity contribution in [2.24, 2.45) is 7.05 Å². The van der Waals surface area contributed by atoms with Gasteiger partial charge in [-0.3, -0.25) is 4.57 Å². The summed E-state index contributed by atoms with van der Waals surface area (Å²) < 4.78 is 6.08. The van der Waals surface area contributed by atoms with Crippen LogP contribution in [0.15, 0.2) is 34.2 Å². The number of ether oxygens (including phenoxy) is 1. The summed E-state index contributed by atoms with van der Waals surface area (Å²) in [5.74, 6) is 0.313. The van der Waals surface area contributed by atoms with Crippen LogP contribution in [0.3, 0.4) is 0 Å². The molecule has 6 nitrogen and oxygen atoms in total. The number of hydrogen-bond donors (Lipinski definition) is 1. The number of rotatable bonds is 4. The molecular formula is C12H13N3O3S. The van der Waals surface area contributed by atoms with Crippen LogP contribution in [0.25, 0.3) is 0 Å². The molecule has 0 aliphatic heterocycles. The Morgan fingerprint density at radius 1 is 1.42 bits per heavy atom. The minimum Gasteiger partial charge on any atom is -0.465 e. The van der Waals surface area contributed by atoms with E-state index < -0.39 is 0 Å². The average Bonchev–Trinajstić information content (AvgIpc) is 2.76. The number of H-pyrrole nitrogens is 1. The summed E-state index contributed by atoms with van der Waals surface area (Å²) in [5.41, 5.74) is 1.32. The SMILES string of the molecule is COC(=O)c1ccc(CSc2n[nH]c(=O)n2C)cc1. The highest BCUT2D eigenvalue weighted by molar-refractivity contribution is 7.98. The number of aromatic amines is 1. The van der Waals surface area contributed by atoms with Crippen LogP contribution in [0.5, 0.6) is 0 Å². The van der Waals surface area contributed by atoms with Gasteiger partial charge in [0.05, 0.1) is 12.7 Å². The van der Waals surface area contributed by atoms with Gasteiger partial charge in [-0.1, -0.05) is 23.9 Å². The molecule has 100 valence electrons. The molecule has 2 aromatic rings. The number of nitrogens with zero attached hydrogens (tertiary/aromatic N) is 2. The zero-order valence-corrected chi connectivity index (χ0v) is 11.4. The lowest BCUT2D eigenvalue weighted by Gasteiger charge is -2.02. The zero-order valence-electron chi connectivity index (χ0n) is 10.5. The molecule has 0 unspecified atom stereocenters. The van der Waals surface area contributed by atoms with E-state index in [-0.39, 0.29) is 11.7 Å². The van der Waals surface area contributed by atoms with E-state index in [0.717, 1.165) is 5.56 Å². The molecule has 0 saturated heterocycles. The highest BCUT2D eigenvalue weighted by atomic mass is 32.2. The first-order valence-corrected chi connectivity index (χ1v) is 6.52. The first-order valence-electron chi connectivity index (χ1n) is 5.53. The Labute approximate surface area is 113 Å². The number of esters is 1. The predicted octanol–water partition coefficient (Wildman–Crippen LogP) is 1.19. The quantitative estimate of drug-likeness (QED) is 0.672. The summed E-state index contributed by atoms with van der Waals surface area (Å²) in [4.78, 5) is 22.5. The molecule has 1 aromatic carbocycles. The van der Waals surface area contributed by atoms with Gasteiger partial charge in [0.15, 0.2) is 5.16 Å². The number of hydrogen-bond acceptors (Lipinski definition) is 5. The molecule has 0 amide bonds. The fourth-order valence-electron chi connectivity index (χ4n) is 1.46. The van der Waals surface area contributed by atoms with Crippen LogP contribution in [-0.4, -0.2) is 27.8 Å². The Hall–Kier alpha value is -2.02. The van der Waals surface area contributed by atoms with Crippen molar-refractivity contribution in [1.82, 2.24) is 14.8 Å². The second kappa shape index (κ2) is 5.75. The maximum atomic E-state index is 11.3. The molecule has 0 aliphatic carbocycles. The maximum absolute atomic E-state index is 11.3. The Morgan fingerprint density at radius 2 is 2.11 bits per heavy atom. The second-order valence-corrected chi connectivity index (χ2v) is 4.79. The van der Waals surface area contributed by atoms with E-state index in [2.05, 4.69) is 14.9 Å². The first-order chi connectivity index (χ1) is 9.11. The van der Waals surface area contributed by atoms with Crippen molar-refractivity contribution in [1.29, 1.82) is 0 Å². The van der Waals surface area contributed by atoms with Crippen LogP contribution < -0.4 is 5.69 Å². The van der Waals surface area contributed by atoms with Gasteiger partial charge in [-0.15, -0.1) is 5.10 Å². The number of benzene rings is 1. The molecule has 0 aliphatic rings. The first kappa shape index (κ1) is 13.4. The lowest BCUT2D eigenvalue weighted by atomic mass is 10.1. The van der Waals surface area contributed by atoms with Crippen molar-refractivity contribution in [3.05, 3.63) is 45.9 Å². The van der Waals surface area contributed by atoms with Gasteiger partial charge >= 0.3 is 11.7 Å². The maximum Gasteiger partial charge on any atom is 0.343 e. The molecule has 0 spiro atoms. The molecule has 0 atom stereocenters. The molecule has 19 heavy (non-hydrogen) atoms. The van der Waals surface area contributed by atoms with E-state index in [4.69, 9.17) is 0 Å². The van der Waals surface area contributed by atoms with Gasteiger partial charge in [0.2, 0.25) is 0 Å². The smallest absolute Gasteiger partial charge is 0.343 e. The van der Waals surface area contributed by atoms with Crippen LogP contribution in [-0.2, 0) is 17.5 Å². The third-order valence-corrected chi connectivity index (χ3v) is 3.68. The van der Waals surface area contributed by atoms with E-state index in [1.54, 1.807) is 19.2 Å². The van der Waals surface area contributed by atoms with E-state index in [0.29, 0.717) is 16.5 Å². The molecule has 0 bridgehead atoms. The molecular weight excluding hydrogens is 266 g/mol. The van der Waals surface area contributed by atoms with Gasteiger partial charge in [0, 0.05) is 12.8 Å². The van der Waals surface area contributed by atoms with Gasteiger partial charge in [0.25, 0.3) is 0 Å². The molecule has 0 radical (unpaired) electrons. The van der Waals surface area contributed by atoms with Crippen molar-refractivity contribution >= 4 is 17.7 Å². The summed E-state index contributed by atoms with van der Waals surface area (Å²) >= 11 is 1.45. The fourth-order valence-corrected chi connectivity index (χ4v) is 2.34. The van der Waals surface area contributed by atoms with Crippen molar-refractivity contribution in [3.63, 3.8) is 0 Å². The van der Waals surface area contributed by atoms with E-state index in [9.17, 15) is 9.59 Å². The van der Waals surface area contributed by atoms with Crippen LogP contribution in [0.1, 0.15) is 15.9 Å². The number of carbonyl (C=O) groups excluding carboxylic acids is 1. The number of thioether (sulfide) groups is 1. The van der Waals surface area contributed by atoms with E-state index in [1.807, 2.05) is 12.1 Å². The summed E-state index contributed by atoms with van der Waals surface area (Å²) in [6, 6.07) is 7.13. The number of methoxy groups -OCH3 is 1. The summed E-state index contributed by atoms with van der Waals surface area (Å²) in [6.07, 6.45) is 0. The molecule has 1 aromatic heterocycles.